The number of imidazole rings is 1. The second-order valence-electron chi connectivity index (χ2n) is 6.15. The van der Waals surface area contributed by atoms with Crippen LogP contribution in [0.4, 0.5) is 0 Å². The van der Waals surface area contributed by atoms with Crippen molar-refractivity contribution < 1.29 is 0 Å². The minimum atomic E-state index is -0.153. The molecule has 0 spiro atoms. The third-order valence-corrected chi connectivity index (χ3v) is 4.55. The summed E-state index contributed by atoms with van der Waals surface area (Å²) < 4.78 is 1.65. The van der Waals surface area contributed by atoms with Crippen molar-refractivity contribution >= 4 is 5.52 Å². The first-order chi connectivity index (χ1) is 11.1. The quantitative estimate of drug-likeness (QED) is 0.740. The van der Waals surface area contributed by atoms with Crippen molar-refractivity contribution in [2.24, 2.45) is 5.92 Å². The lowest BCUT2D eigenvalue weighted by atomic mass is 9.97. The number of fused-ring (bicyclic) bond motifs is 1. The number of nitrogens with one attached hydrogen (secondary N) is 2. The molecule has 4 rings (SSSR count). The number of rotatable bonds is 2. The van der Waals surface area contributed by atoms with E-state index in [1.165, 1.54) is 0 Å². The van der Waals surface area contributed by atoms with E-state index in [0.717, 1.165) is 24.2 Å². The topological polar surface area (TPSA) is 88.0 Å². The highest BCUT2D eigenvalue weighted by atomic mass is 16.1. The van der Waals surface area contributed by atoms with E-state index >= 15 is 0 Å². The van der Waals surface area contributed by atoms with Crippen LogP contribution in [0.25, 0.3) is 16.9 Å². The highest BCUT2D eigenvalue weighted by Crippen LogP contribution is 2.25. The maximum absolute atomic E-state index is 12.4. The van der Waals surface area contributed by atoms with Gasteiger partial charge in [0, 0.05) is 30.4 Å². The van der Waals surface area contributed by atoms with Gasteiger partial charge in [0.1, 0.15) is 5.82 Å². The van der Waals surface area contributed by atoms with E-state index in [0.29, 0.717) is 23.1 Å². The van der Waals surface area contributed by atoms with E-state index < -0.39 is 0 Å². The smallest absolute Gasteiger partial charge is 0.276 e. The molecule has 23 heavy (non-hydrogen) atoms. The summed E-state index contributed by atoms with van der Waals surface area (Å²) in [5.74, 6) is 2.03. The van der Waals surface area contributed by atoms with Crippen LogP contribution in [0.5, 0.6) is 0 Å². The zero-order chi connectivity index (χ0) is 16.0. The highest BCUT2D eigenvalue weighted by molar-refractivity contribution is 5.63. The summed E-state index contributed by atoms with van der Waals surface area (Å²) in [4.78, 5) is 23.8. The fourth-order valence-electron chi connectivity index (χ4n) is 3.17. The van der Waals surface area contributed by atoms with Crippen LogP contribution in [-0.4, -0.2) is 37.7 Å². The van der Waals surface area contributed by atoms with Crippen molar-refractivity contribution in [2.75, 3.05) is 13.1 Å². The standard InChI is InChI=1S/C16H18N6O/c1-9-5-17-4-3-11(9)15-19-8-13-16(23)20-14(21-22(13)15)12-7-18-6-10(12)2/h3-5,8,10,12,18H,6-7H2,1-2H3,(H,20,21,23). The van der Waals surface area contributed by atoms with Gasteiger partial charge in [0.25, 0.3) is 5.56 Å². The maximum Gasteiger partial charge on any atom is 0.276 e. The van der Waals surface area contributed by atoms with E-state index in [-0.39, 0.29) is 11.5 Å². The Labute approximate surface area is 132 Å². The monoisotopic (exact) mass is 310 g/mol. The second kappa shape index (κ2) is 5.27. The van der Waals surface area contributed by atoms with Crippen LogP contribution in [0.1, 0.15) is 24.2 Å². The zero-order valence-corrected chi connectivity index (χ0v) is 13.1. The SMILES string of the molecule is Cc1cnccc1-c1ncc2c(=O)[nH]c(C3CNCC3C)nn12. The molecule has 0 bridgehead atoms. The number of aromatic nitrogens is 5. The molecule has 7 nitrogen and oxygen atoms in total. The molecule has 1 fully saturated rings. The van der Waals surface area contributed by atoms with Crippen LogP contribution in [-0.2, 0) is 0 Å². The van der Waals surface area contributed by atoms with Crippen molar-refractivity contribution in [2.45, 2.75) is 19.8 Å². The van der Waals surface area contributed by atoms with E-state index in [9.17, 15) is 4.79 Å². The van der Waals surface area contributed by atoms with Gasteiger partial charge in [-0.05, 0) is 31.0 Å². The van der Waals surface area contributed by atoms with Gasteiger partial charge in [-0.25, -0.2) is 9.50 Å². The average molecular weight is 310 g/mol. The molecule has 4 heterocycles. The predicted octanol–water partition coefficient (Wildman–Crippen LogP) is 1.11. The van der Waals surface area contributed by atoms with Crippen LogP contribution in [0, 0.1) is 12.8 Å². The lowest BCUT2D eigenvalue weighted by Gasteiger charge is -2.13. The Morgan fingerprint density at radius 3 is 2.91 bits per heavy atom. The molecule has 1 aliphatic rings. The maximum atomic E-state index is 12.4. The summed E-state index contributed by atoms with van der Waals surface area (Å²) in [6.07, 6.45) is 5.08. The van der Waals surface area contributed by atoms with Crippen LogP contribution in [0.2, 0.25) is 0 Å². The van der Waals surface area contributed by atoms with Crippen molar-refractivity contribution in [1.29, 1.82) is 0 Å². The molecular formula is C16H18N6O. The minimum absolute atomic E-state index is 0.153. The highest BCUT2D eigenvalue weighted by Gasteiger charge is 2.28. The molecule has 2 N–H and O–H groups in total. The zero-order valence-electron chi connectivity index (χ0n) is 13.1. The van der Waals surface area contributed by atoms with Gasteiger partial charge < -0.3 is 10.3 Å². The first kappa shape index (κ1) is 14.1. The molecule has 7 heteroatoms. The summed E-state index contributed by atoms with van der Waals surface area (Å²) in [7, 11) is 0. The Balaban J connectivity index is 1.93. The molecule has 0 saturated carbocycles. The number of aryl methyl sites for hydroxylation is 1. The van der Waals surface area contributed by atoms with E-state index in [2.05, 4.69) is 32.3 Å². The molecule has 0 aliphatic carbocycles. The van der Waals surface area contributed by atoms with Gasteiger partial charge in [-0.3, -0.25) is 9.78 Å². The Hall–Kier alpha value is -2.54. The van der Waals surface area contributed by atoms with Crippen LogP contribution < -0.4 is 10.9 Å². The Morgan fingerprint density at radius 2 is 2.17 bits per heavy atom. The normalized spacial score (nSPS) is 21.1. The third-order valence-electron chi connectivity index (χ3n) is 4.55. The molecule has 2 atom stereocenters. The summed E-state index contributed by atoms with van der Waals surface area (Å²) >= 11 is 0. The third kappa shape index (κ3) is 2.24. The van der Waals surface area contributed by atoms with Gasteiger partial charge in [0.2, 0.25) is 0 Å². The molecule has 3 aromatic heterocycles. The Kier molecular flexibility index (Phi) is 3.23. The number of pyridine rings is 1. The lowest BCUT2D eigenvalue weighted by molar-refractivity contribution is 0.533. The van der Waals surface area contributed by atoms with Crippen LogP contribution in [0.15, 0.2) is 29.5 Å². The summed E-state index contributed by atoms with van der Waals surface area (Å²) in [5.41, 5.74) is 2.24. The fraction of sp³-hybridized carbons (Fsp3) is 0.375. The number of H-pyrrole nitrogens is 1. The Bertz CT molecular complexity index is 928. The van der Waals surface area contributed by atoms with Gasteiger partial charge in [-0.15, -0.1) is 0 Å². The first-order valence-corrected chi connectivity index (χ1v) is 7.75. The first-order valence-electron chi connectivity index (χ1n) is 7.75. The number of nitrogens with zero attached hydrogens (tertiary/aromatic N) is 4. The molecule has 0 radical (unpaired) electrons. The molecular weight excluding hydrogens is 292 g/mol. The fourth-order valence-corrected chi connectivity index (χ4v) is 3.17. The minimum Gasteiger partial charge on any atom is -0.316 e. The van der Waals surface area contributed by atoms with Gasteiger partial charge >= 0.3 is 0 Å². The van der Waals surface area contributed by atoms with Gasteiger partial charge in [-0.1, -0.05) is 6.92 Å². The van der Waals surface area contributed by atoms with E-state index in [1.54, 1.807) is 23.1 Å². The van der Waals surface area contributed by atoms with Crippen molar-refractivity contribution in [1.82, 2.24) is 29.9 Å². The number of hydrogen-bond donors (Lipinski definition) is 2. The van der Waals surface area contributed by atoms with Crippen molar-refractivity contribution in [3.05, 3.63) is 46.4 Å². The molecule has 2 unspecified atom stereocenters. The van der Waals surface area contributed by atoms with Crippen LogP contribution >= 0.6 is 0 Å². The van der Waals surface area contributed by atoms with Crippen LogP contribution in [0.3, 0.4) is 0 Å². The molecule has 0 aromatic carbocycles. The van der Waals surface area contributed by atoms with Gasteiger partial charge in [-0.2, -0.15) is 5.10 Å². The molecule has 1 aliphatic heterocycles. The number of aromatic amines is 1. The van der Waals surface area contributed by atoms with Gasteiger partial charge in [0.05, 0.1) is 6.20 Å². The molecule has 0 amide bonds. The van der Waals surface area contributed by atoms with E-state index in [1.807, 2.05) is 13.0 Å². The second-order valence-corrected chi connectivity index (χ2v) is 6.15. The predicted molar refractivity (Wildman–Crippen MR) is 86.4 cm³/mol. The van der Waals surface area contributed by atoms with Gasteiger partial charge in [0.15, 0.2) is 11.3 Å². The molecule has 118 valence electrons. The largest absolute Gasteiger partial charge is 0.316 e. The van der Waals surface area contributed by atoms with Crippen molar-refractivity contribution in [3.8, 4) is 11.4 Å². The average Bonchev–Trinajstić information content (AvgIpc) is 3.14. The van der Waals surface area contributed by atoms with E-state index in [4.69, 9.17) is 0 Å². The molecule has 1 saturated heterocycles. The lowest BCUT2D eigenvalue weighted by Crippen LogP contribution is -2.21. The molecule has 3 aromatic rings. The summed E-state index contributed by atoms with van der Waals surface area (Å²) in [6.45, 7) is 5.90. The summed E-state index contributed by atoms with van der Waals surface area (Å²) in [6, 6.07) is 1.90. The number of hydrogen-bond acceptors (Lipinski definition) is 5. The Morgan fingerprint density at radius 1 is 1.30 bits per heavy atom. The summed E-state index contributed by atoms with van der Waals surface area (Å²) in [5, 5.41) is 8.03. The van der Waals surface area contributed by atoms with Crippen molar-refractivity contribution in [3.63, 3.8) is 0 Å².